The third-order valence-corrected chi connectivity index (χ3v) is 9.72. The molecule has 0 aromatic heterocycles. The zero-order valence-electron chi connectivity index (χ0n) is 17.7. The average Bonchev–Trinajstić information content (AvgIpc) is 2.88. The number of rotatable bonds is 4. The first-order chi connectivity index (χ1) is 14.9. The lowest BCUT2D eigenvalue weighted by atomic mass is 9.76. The highest BCUT2D eigenvalue weighted by molar-refractivity contribution is 7.92. The number of halogens is 3. The van der Waals surface area contributed by atoms with Crippen LogP contribution >= 0.6 is 11.6 Å². The molecule has 2 aliphatic rings. The van der Waals surface area contributed by atoms with Crippen molar-refractivity contribution in [1.82, 2.24) is 0 Å². The standard InChI is InChI=1S/C23H24ClF2NO4S/c1-12-7-18(25)19(26)11-20(12)27-22(28)13-3-6-17(24)21(8-13)32(30,31)16-9-14-4-5-15(10-16)23(14,2)29/h3,6-8,11,14-16,29H,4-5,9-10H2,1-2H3,(H,27,28)/t14-,15?,16-,23-/m0/s1. The number of anilines is 1. The average molecular weight is 484 g/mol. The summed E-state index contributed by atoms with van der Waals surface area (Å²) < 4.78 is 53.8. The van der Waals surface area contributed by atoms with Gasteiger partial charge in [0.1, 0.15) is 0 Å². The Labute approximate surface area is 190 Å². The predicted molar refractivity (Wildman–Crippen MR) is 118 cm³/mol. The van der Waals surface area contributed by atoms with Crippen LogP contribution in [0.25, 0.3) is 0 Å². The van der Waals surface area contributed by atoms with Crippen LogP contribution in [0.5, 0.6) is 0 Å². The van der Waals surface area contributed by atoms with E-state index in [9.17, 15) is 27.1 Å². The first-order valence-corrected chi connectivity index (χ1v) is 12.4. The van der Waals surface area contributed by atoms with Gasteiger partial charge in [-0.2, -0.15) is 0 Å². The Morgan fingerprint density at radius 2 is 1.72 bits per heavy atom. The van der Waals surface area contributed by atoms with E-state index >= 15 is 0 Å². The summed E-state index contributed by atoms with van der Waals surface area (Å²) >= 11 is 6.22. The van der Waals surface area contributed by atoms with E-state index in [0.717, 1.165) is 25.0 Å². The molecular weight excluding hydrogens is 460 g/mol. The lowest BCUT2D eigenvalue weighted by Crippen LogP contribution is -2.45. The van der Waals surface area contributed by atoms with Crippen molar-refractivity contribution in [3.05, 3.63) is 58.1 Å². The number of hydrogen-bond acceptors (Lipinski definition) is 4. The highest BCUT2D eigenvalue weighted by Crippen LogP contribution is 2.51. The van der Waals surface area contributed by atoms with E-state index in [2.05, 4.69) is 5.32 Å². The van der Waals surface area contributed by atoms with Gasteiger partial charge in [0.15, 0.2) is 21.5 Å². The number of sulfone groups is 1. The number of nitrogens with one attached hydrogen (secondary N) is 1. The molecule has 4 rings (SSSR count). The SMILES string of the molecule is Cc1cc(F)c(F)cc1NC(=O)c1ccc(Cl)c(S(=O)(=O)[C@@H]2CC3CC[C@@H](C2)[C@]3(C)O)c1. The molecule has 0 saturated heterocycles. The molecule has 2 fully saturated rings. The third kappa shape index (κ3) is 3.93. The minimum atomic E-state index is -3.85. The fourth-order valence-electron chi connectivity index (χ4n) is 5.03. The zero-order valence-corrected chi connectivity index (χ0v) is 19.2. The van der Waals surface area contributed by atoms with Gasteiger partial charge in [0.05, 0.1) is 20.8 Å². The van der Waals surface area contributed by atoms with E-state index in [4.69, 9.17) is 11.6 Å². The van der Waals surface area contributed by atoms with Gasteiger partial charge in [-0.25, -0.2) is 17.2 Å². The molecule has 4 atom stereocenters. The minimum absolute atomic E-state index is 0.00948. The number of fused-ring (bicyclic) bond motifs is 2. The van der Waals surface area contributed by atoms with Crippen LogP contribution in [0.3, 0.4) is 0 Å². The molecule has 9 heteroatoms. The van der Waals surface area contributed by atoms with Crippen LogP contribution in [0, 0.1) is 30.4 Å². The molecule has 0 heterocycles. The van der Waals surface area contributed by atoms with Gasteiger partial charge in [-0.05, 0) is 81.2 Å². The minimum Gasteiger partial charge on any atom is -0.390 e. The highest BCUT2D eigenvalue weighted by atomic mass is 35.5. The fraction of sp³-hybridized carbons (Fsp3) is 0.435. The maximum Gasteiger partial charge on any atom is 0.255 e. The van der Waals surface area contributed by atoms with Crippen LogP contribution in [-0.2, 0) is 9.84 Å². The lowest BCUT2D eigenvalue weighted by molar-refractivity contribution is -0.0413. The van der Waals surface area contributed by atoms with Gasteiger partial charge in [0, 0.05) is 17.3 Å². The predicted octanol–water partition coefficient (Wildman–Crippen LogP) is 4.89. The Morgan fingerprint density at radius 3 is 2.34 bits per heavy atom. The van der Waals surface area contributed by atoms with Crippen molar-refractivity contribution in [2.24, 2.45) is 11.8 Å². The monoisotopic (exact) mass is 483 g/mol. The molecule has 2 aliphatic carbocycles. The van der Waals surface area contributed by atoms with Crippen LogP contribution in [-0.4, -0.2) is 30.3 Å². The van der Waals surface area contributed by atoms with Gasteiger partial charge in [0.2, 0.25) is 0 Å². The third-order valence-electron chi connectivity index (χ3n) is 7.07. The Hall–Kier alpha value is -2.03. The number of carbonyl (C=O) groups is 1. The molecular formula is C23H24ClF2NO4S. The molecule has 2 aromatic rings. The largest absolute Gasteiger partial charge is 0.390 e. The van der Waals surface area contributed by atoms with Crippen LogP contribution < -0.4 is 5.32 Å². The molecule has 2 aromatic carbocycles. The molecule has 172 valence electrons. The Bertz CT molecular complexity index is 1180. The van der Waals surface area contributed by atoms with Gasteiger partial charge in [0.25, 0.3) is 5.91 Å². The van der Waals surface area contributed by atoms with Crippen LogP contribution in [0.4, 0.5) is 14.5 Å². The van der Waals surface area contributed by atoms with E-state index in [1.54, 1.807) is 6.92 Å². The normalized spacial score (nSPS) is 27.4. The summed E-state index contributed by atoms with van der Waals surface area (Å²) in [7, 11) is -3.85. The number of carbonyl (C=O) groups excluding carboxylic acids is 1. The molecule has 2 bridgehead atoms. The summed E-state index contributed by atoms with van der Waals surface area (Å²) in [5, 5.41) is 12.5. The van der Waals surface area contributed by atoms with Crippen LogP contribution in [0.2, 0.25) is 5.02 Å². The number of benzene rings is 2. The fourth-order valence-corrected chi connectivity index (χ4v) is 7.44. The summed E-state index contributed by atoms with van der Waals surface area (Å²) in [5.74, 6) is -2.99. The Balaban J connectivity index is 1.62. The highest BCUT2D eigenvalue weighted by Gasteiger charge is 2.53. The molecule has 1 amide bonds. The molecule has 0 spiro atoms. The number of aliphatic hydroxyl groups is 1. The molecule has 5 nitrogen and oxygen atoms in total. The summed E-state index contributed by atoms with van der Waals surface area (Å²) in [6, 6.07) is 5.78. The maximum absolute atomic E-state index is 13.6. The zero-order chi connectivity index (χ0) is 23.4. The second-order valence-corrected chi connectivity index (χ2v) is 11.6. The van der Waals surface area contributed by atoms with Crippen LogP contribution in [0.15, 0.2) is 35.2 Å². The smallest absolute Gasteiger partial charge is 0.255 e. The van der Waals surface area contributed by atoms with Crippen molar-refractivity contribution in [1.29, 1.82) is 0 Å². The van der Waals surface area contributed by atoms with E-state index in [1.165, 1.54) is 25.1 Å². The van der Waals surface area contributed by atoms with Gasteiger partial charge < -0.3 is 10.4 Å². The van der Waals surface area contributed by atoms with Crippen molar-refractivity contribution >= 4 is 33.0 Å². The van der Waals surface area contributed by atoms with Gasteiger partial charge in [-0.15, -0.1) is 0 Å². The quantitative estimate of drug-likeness (QED) is 0.648. The van der Waals surface area contributed by atoms with Crippen molar-refractivity contribution in [2.45, 2.75) is 55.3 Å². The molecule has 2 N–H and O–H groups in total. The molecule has 0 aliphatic heterocycles. The molecule has 1 unspecified atom stereocenters. The van der Waals surface area contributed by atoms with Gasteiger partial charge in [-0.3, -0.25) is 4.79 Å². The van der Waals surface area contributed by atoms with Crippen LogP contribution in [0.1, 0.15) is 48.5 Å². The van der Waals surface area contributed by atoms with E-state index in [1.807, 2.05) is 0 Å². The summed E-state index contributed by atoms with van der Waals surface area (Å²) in [5.41, 5.74) is -0.425. The lowest BCUT2D eigenvalue weighted by Gasteiger charge is -2.40. The Morgan fingerprint density at radius 1 is 1.12 bits per heavy atom. The number of aryl methyl sites for hydroxylation is 1. The molecule has 2 saturated carbocycles. The molecule has 32 heavy (non-hydrogen) atoms. The summed E-state index contributed by atoms with van der Waals surface area (Å²) in [4.78, 5) is 12.6. The topological polar surface area (TPSA) is 83.5 Å². The van der Waals surface area contributed by atoms with Crippen molar-refractivity contribution in [3.63, 3.8) is 0 Å². The van der Waals surface area contributed by atoms with E-state index in [0.29, 0.717) is 18.4 Å². The maximum atomic E-state index is 13.6. The van der Waals surface area contributed by atoms with Gasteiger partial charge >= 0.3 is 0 Å². The number of amides is 1. The first kappa shape index (κ1) is 23.1. The van der Waals surface area contributed by atoms with E-state index < -0.39 is 38.2 Å². The second-order valence-electron chi connectivity index (χ2n) is 9.02. The summed E-state index contributed by atoms with van der Waals surface area (Å²) in [6.07, 6.45) is 2.25. The molecule has 0 radical (unpaired) electrons. The summed E-state index contributed by atoms with van der Waals surface area (Å²) in [6.45, 7) is 3.29. The van der Waals surface area contributed by atoms with Gasteiger partial charge in [-0.1, -0.05) is 11.6 Å². The van der Waals surface area contributed by atoms with Crippen molar-refractivity contribution in [2.75, 3.05) is 5.32 Å². The van der Waals surface area contributed by atoms with Crippen molar-refractivity contribution in [3.8, 4) is 0 Å². The van der Waals surface area contributed by atoms with E-state index in [-0.39, 0.29) is 33.0 Å². The number of hydrogen-bond donors (Lipinski definition) is 2. The second kappa shape index (κ2) is 8.08. The first-order valence-electron chi connectivity index (χ1n) is 10.4. The Kier molecular flexibility index (Phi) is 5.84. The van der Waals surface area contributed by atoms with Crippen molar-refractivity contribution < 1.29 is 27.1 Å².